The fourth-order valence-corrected chi connectivity index (χ4v) is 4.59. The molecule has 0 bridgehead atoms. The molecule has 1 aromatic rings. The topological polar surface area (TPSA) is 76.3 Å². The van der Waals surface area contributed by atoms with Crippen LogP contribution in [0, 0.1) is 5.92 Å². The van der Waals surface area contributed by atoms with E-state index in [2.05, 4.69) is 20.9 Å². The summed E-state index contributed by atoms with van der Waals surface area (Å²) in [6.07, 6.45) is 4.79. The van der Waals surface area contributed by atoms with Gasteiger partial charge in [-0.2, -0.15) is 4.31 Å². The van der Waals surface area contributed by atoms with Crippen molar-refractivity contribution in [1.82, 2.24) is 9.29 Å². The van der Waals surface area contributed by atoms with Crippen LogP contribution in [0.25, 0.3) is 0 Å². The zero-order valence-corrected chi connectivity index (χ0v) is 13.2. The zero-order valence-electron chi connectivity index (χ0n) is 10.8. The van der Waals surface area contributed by atoms with Crippen LogP contribution in [-0.2, 0) is 10.0 Å². The summed E-state index contributed by atoms with van der Waals surface area (Å²) in [5, 5.41) is 0. The Hall–Kier alpha value is -0.500. The molecule has 0 aliphatic carbocycles. The lowest BCUT2D eigenvalue weighted by Crippen LogP contribution is -2.47. The van der Waals surface area contributed by atoms with Crippen molar-refractivity contribution in [1.29, 1.82) is 0 Å². The molecule has 5 nitrogen and oxygen atoms in total. The fraction of sp³-hybridized carbons (Fsp3) is 0.583. The summed E-state index contributed by atoms with van der Waals surface area (Å²) in [5.74, 6) is 0.242. The predicted molar refractivity (Wildman–Crippen MR) is 77.1 cm³/mol. The van der Waals surface area contributed by atoms with Crippen molar-refractivity contribution in [2.45, 2.75) is 30.7 Å². The Balaban J connectivity index is 2.32. The van der Waals surface area contributed by atoms with Crippen LogP contribution < -0.4 is 5.73 Å². The number of piperidine rings is 1. The van der Waals surface area contributed by atoms with Gasteiger partial charge in [-0.25, -0.2) is 8.42 Å². The van der Waals surface area contributed by atoms with E-state index in [1.54, 1.807) is 16.6 Å². The molecule has 0 saturated carbocycles. The second-order valence-corrected chi connectivity index (χ2v) is 7.75. The largest absolute Gasteiger partial charge is 0.330 e. The van der Waals surface area contributed by atoms with Crippen LogP contribution in [0.3, 0.4) is 0 Å². The first kappa shape index (κ1) is 14.9. The number of rotatable bonds is 3. The highest BCUT2D eigenvalue weighted by Gasteiger charge is 2.34. The number of pyridine rings is 1. The smallest absolute Gasteiger partial charge is 0.244 e. The highest BCUT2D eigenvalue weighted by Crippen LogP contribution is 2.28. The molecule has 2 N–H and O–H groups in total. The van der Waals surface area contributed by atoms with Gasteiger partial charge in [0.1, 0.15) is 4.90 Å². The van der Waals surface area contributed by atoms with Crippen molar-refractivity contribution in [3.05, 3.63) is 22.9 Å². The minimum atomic E-state index is -3.49. The SMILES string of the molecule is CC1CCC(CN)CN1S(=O)(=O)c1cncc(Br)c1. The third-order valence-corrected chi connectivity index (χ3v) is 5.92. The Morgan fingerprint density at radius 1 is 1.47 bits per heavy atom. The third kappa shape index (κ3) is 3.16. The van der Waals surface area contributed by atoms with E-state index < -0.39 is 10.0 Å². The van der Waals surface area contributed by atoms with Gasteiger partial charge >= 0.3 is 0 Å². The molecule has 2 rings (SSSR count). The summed E-state index contributed by atoms with van der Waals surface area (Å²) < 4.78 is 27.5. The summed E-state index contributed by atoms with van der Waals surface area (Å²) in [6.45, 7) is 2.96. The van der Waals surface area contributed by atoms with Gasteiger partial charge in [0.15, 0.2) is 0 Å². The Morgan fingerprint density at radius 3 is 2.84 bits per heavy atom. The number of nitrogens with two attached hydrogens (primary N) is 1. The normalized spacial score (nSPS) is 25.4. The van der Waals surface area contributed by atoms with Crippen LogP contribution >= 0.6 is 15.9 Å². The Kier molecular flexibility index (Phi) is 4.60. The maximum absolute atomic E-state index is 12.6. The van der Waals surface area contributed by atoms with Gasteiger partial charge in [0.2, 0.25) is 10.0 Å². The molecule has 0 aromatic carbocycles. The van der Waals surface area contributed by atoms with Crippen LogP contribution in [0.4, 0.5) is 0 Å². The molecule has 0 spiro atoms. The number of hydrogen-bond acceptors (Lipinski definition) is 4. The second kappa shape index (κ2) is 5.87. The van der Waals surface area contributed by atoms with E-state index in [4.69, 9.17) is 5.73 Å². The standard InChI is InChI=1S/C12H18BrN3O2S/c1-9-2-3-10(5-14)8-16(9)19(17,18)12-4-11(13)6-15-7-12/h4,6-7,9-10H,2-3,5,8,14H2,1H3. The van der Waals surface area contributed by atoms with Gasteiger partial charge in [0.25, 0.3) is 0 Å². The van der Waals surface area contributed by atoms with E-state index in [9.17, 15) is 8.42 Å². The van der Waals surface area contributed by atoms with Crippen LogP contribution in [0.15, 0.2) is 27.8 Å². The van der Waals surface area contributed by atoms with E-state index in [0.29, 0.717) is 17.6 Å². The van der Waals surface area contributed by atoms with Gasteiger partial charge in [-0.1, -0.05) is 0 Å². The van der Waals surface area contributed by atoms with E-state index in [-0.39, 0.29) is 16.9 Å². The van der Waals surface area contributed by atoms with Gasteiger partial charge in [0.05, 0.1) is 0 Å². The van der Waals surface area contributed by atoms with Gasteiger partial charge in [-0.3, -0.25) is 4.98 Å². The maximum atomic E-state index is 12.6. The summed E-state index contributed by atoms with van der Waals surface area (Å²) in [4.78, 5) is 4.16. The molecule has 1 saturated heterocycles. The molecule has 0 radical (unpaired) electrons. The number of halogens is 1. The highest BCUT2D eigenvalue weighted by atomic mass is 79.9. The van der Waals surface area contributed by atoms with Crippen LogP contribution in [0.2, 0.25) is 0 Å². The van der Waals surface area contributed by atoms with Gasteiger partial charge < -0.3 is 5.73 Å². The van der Waals surface area contributed by atoms with E-state index >= 15 is 0 Å². The van der Waals surface area contributed by atoms with Crippen molar-refractivity contribution in [3.8, 4) is 0 Å². The number of hydrogen-bond donors (Lipinski definition) is 1. The predicted octanol–water partition coefficient (Wildman–Crippen LogP) is 1.59. The lowest BCUT2D eigenvalue weighted by molar-refractivity contribution is 0.211. The first-order valence-corrected chi connectivity index (χ1v) is 8.51. The summed E-state index contributed by atoms with van der Waals surface area (Å²) >= 11 is 3.25. The molecule has 1 aromatic heterocycles. The van der Waals surface area contributed by atoms with Crippen LogP contribution in [0.5, 0.6) is 0 Å². The minimum Gasteiger partial charge on any atom is -0.330 e. The van der Waals surface area contributed by atoms with Crippen LogP contribution in [0.1, 0.15) is 19.8 Å². The zero-order chi connectivity index (χ0) is 14.0. The first-order valence-electron chi connectivity index (χ1n) is 6.27. The molecule has 1 fully saturated rings. The van der Waals surface area contributed by atoms with Gasteiger partial charge in [0, 0.05) is 29.5 Å². The molecule has 2 atom stereocenters. The average molecular weight is 348 g/mol. The number of nitrogens with zero attached hydrogens (tertiary/aromatic N) is 2. The Morgan fingerprint density at radius 2 is 2.21 bits per heavy atom. The van der Waals surface area contributed by atoms with Crippen molar-refractivity contribution in [3.63, 3.8) is 0 Å². The monoisotopic (exact) mass is 347 g/mol. The first-order chi connectivity index (χ1) is 8.95. The molecule has 2 unspecified atom stereocenters. The van der Waals surface area contributed by atoms with Crippen molar-refractivity contribution < 1.29 is 8.42 Å². The summed E-state index contributed by atoms with van der Waals surface area (Å²) in [6, 6.07) is 1.59. The minimum absolute atomic E-state index is 0.00628. The molecule has 19 heavy (non-hydrogen) atoms. The van der Waals surface area contributed by atoms with Gasteiger partial charge in [-0.05, 0) is 54.2 Å². The van der Waals surface area contributed by atoms with Crippen LogP contribution in [-0.4, -0.2) is 36.8 Å². The second-order valence-electron chi connectivity index (χ2n) is 4.94. The maximum Gasteiger partial charge on any atom is 0.244 e. The molecular formula is C12H18BrN3O2S. The highest BCUT2D eigenvalue weighted by molar-refractivity contribution is 9.10. The van der Waals surface area contributed by atoms with Crippen molar-refractivity contribution >= 4 is 26.0 Å². The molecule has 0 amide bonds. The third-order valence-electron chi connectivity index (χ3n) is 3.54. The molecular weight excluding hydrogens is 330 g/mol. The molecule has 1 aliphatic heterocycles. The van der Waals surface area contributed by atoms with E-state index in [1.807, 2.05) is 6.92 Å². The lowest BCUT2D eigenvalue weighted by Gasteiger charge is -2.36. The van der Waals surface area contributed by atoms with Gasteiger partial charge in [-0.15, -0.1) is 0 Å². The Labute approximate surface area is 122 Å². The van der Waals surface area contributed by atoms with E-state index in [1.165, 1.54) is 6.20 Å². The Bertz CT molecular complexity index is 550. The van der Waals surface area contributed by atoms with Crippen molar-refractivity contribution in [2.75, 3.05) is 13.1 Å². The van der Waals surface area contributed by atoms with E-state index in [0.717, 1.165) is 12.8 Å². The molecule has 106 valence electrons. The molecule has 1 aliphatic rings. The quantitative estimate of drug-likeness (QED) is 0.900. The fourth-order valence-electron chi connectivity index (χ4n) is 2.34. The average Bonchev–Trinajstić information content (AvgIpc) is 2.39. The lowest BCUT2D eigenvalue weighted by atomic mass is 9.96. The number of sulfonamides is 1. The molecule has 7 heteroatoms. The summed E-state index contributed by atoms with van der Waals surface area (Å²) in [5.41, 5.74) is 5.68. The van der Waals surface area contributed by atoms with Crippen molar-refractivity contribution in [2.24, 2.45) is 11.7 Å². The number of aromatic nitrogens is 1. The molecule has 2 heterocycles. The summed E-state index contributed by atoms with van der Waals surface area (Å²) in [7, 11) is -3.49.